The first kappa shape index (κ1) is 14.8. The van der Waals surface area contributed by atoms with Crippen LogP contribution in [0.5, 0.6) is 0 Å². The van der Waals surface area contributed by atoms with Crippen LogP contribution in [-0.2, 0) is 4.79 Å². The Labute approximate surface area is 111 Å². The van der Waals surface area contributed by atoms with Gasteiger partial charge in [-0.3, -0.25) is 4.79 Å². The van der Waals surface area contributed by atoms with Gasteiger partial charge in [0.15, 0.2) is 0 Å². The summed E-state index contributed by atoms with van der Waals surface area (Å²) in [5.41, 5.74) is 5.81. The molecule has 1 amide bonds. The number of hydrogen-bond donors (Lipinski definition) is 1. The van der Waals surface area contributed by atoms with Crippen LogP contribution in [0.25, 0.3) is 0 Å². The van der Waals surface area contributed by atoms with Crippen molar-refractivity contribution in [2.45, 2.75) is 51.6 Å². The lowest BCUT2D eigenvalue weighted by Crippen LogP contribution is -2.46. The van der Waals surface area contributed by atoms with Gasteiger partial charge in [0, 0.05) is 19.1 Å². The minimum absolute atomic E-state index is 0. The average Bonchev–Trinajstić information content (AvgIpc) is 3.08. The zero-order valence-electron chi connectivity index (χ0n) is 11.1. The van der Waals surface area contributed by atoms with E-state index in [9.17, 15) is 4.79 Å². The molecule has 4 heteroatoms. The highest BCUT2D eigenvalue weighted by Gasteiger charge is 2.45. The van der Waals surface area contributed by atoms with Crippen LogP contribution in [-0.4, -0.2) is 29.9 Å². The third-order valence-corrected chi connectivity index (χ3v) is 4.18. The summed E-state index contributed by atoms with van der Waals surface area (Å²) in [4.78, 5) is 14.2. The maximum atomic E-state index is 12.2. The molecule has 100 valence electrons. The third-order valence-electron chi connectivity index (χ3n) is 4.18. The maximum Gasteiger partial charge on any atom is 0.226 e. The summed E-state index contributed by atoms with van der Waals surface area (Å²) in [6, 6.07) is 0.461. The van der Waals surface area contributed by atoms with Gasteiger partial charge >= 0.3 is 0 Å². The van der Waals surface area contributed by atoms with Crippen LogP contribution in [0.3, 0.4) is 0 Å². The van der Waals surface area contributed by atoms with Gasteiger partial charge in [-0.2, -0.15) is 0 Å². The second kappa shape index (κ2) is 5.57. The van der Waals surface area contributed by atoms with Gasteiger partial charge in [-0.15, -0.1) is 12.4 Å². The van der Waals surface area contributed by atoms with Gasteiger partial charge < -0.3 is 10.6 Å². The monoisotopic (exact) mass is 260 g/mol. The Bertz CT molecular complexity index is 263. The van der Waals surface area contributed by atoms with Gasteiger partial charge in [-0.1, -0.05) is 6.92 Å². The summed E-state index contributed by atoms with van der Waals surface area (Å²) in [5, 5.41) is 0. The smallest absolute Gasteiger partial charge is 0.226 e. The van der Waals surface area contributed by atoms with Crippen LogP contribution in [0, 0.1) is 17.8 Å². The number of nitrogens with two attached hydrogens (primary N) is 1. The lowest BCUT2D eigenvalue weighted by molar-refractivity contribution is -0.137. The molecule has 0 spiro atoms. The standard InChI is InChI=1S/C13H24N2O.ClH/c1-8(9(2)14)13(16)15(3)12(10-4-5-10)11-6-7-11;/h8-12H,4-7,14H2,1-3H3;1H. The zero-order valence-corrected chi connectivity index (χ0v) is 11.9. The Balaban J connectivity index is 0.00000144. The van der Waals surface area contributed by atoms with Gasteiger partial charge in [-0.05, 0) is 44.4 Å². The molecule has 2 unspecified atom stereocenters. The van der Waals surface area contributed by atoms with E-state index in [-0.39, 0.29) is 30.3 Å². The lowest BCUT2D eigenvalue weighted by Gasteiger charge is -2.31. The summed E-state index contributed by atoms with van der Waals surface area (Å²) >= 11 is 0. The third kappa shape index (κ3) is 3.35. The van der Waals surface area contributed by atoms with Crippen LogP contribution in [0.15, 0.2) is 0 Å². The second-order valence-electron chi connectivity index (χ2n) is 5.76. The van der Waals surface area contributed by atoms with E-state index in [1.165, 1.54) is 25.7 Å². The Kier molecular flexibility index (Phi) is 4.85. The molecule has 0 radical (unpaired) electrons. The molecule has 2 aliphatic carbocycles. The second-order valence-corrected chi connectivity index (χ2v) is 5.76. The van der Waals surface area contributed by atoms with Crippen molar-refractivity contribution in [3.05, 3.63) is 0 Å². The normalized spacial score (nSPS) is 22.9. The number of hydrogen-bond acceptors (Lipinski definition) is 2. The van der Waals surface area contributed by atoms with Crippen LogP contribution in [0.2, 0.25) is 0 Å². The zero-order chi connectivity index (χ0) is 11.9. The lowest BCUT2D eigenvalue weighted by atomic mass is 9.99. The van der Waals surface area contributed by atoms with E-state index in [0.717, 1.165) is 11.8 Å². The highest BCUT2D eigenvalue weighted by atomic mass is 35.5. The molecule has 0 heterocycles. The van der Waals surface area contributed by atoms with Gasteiger partial charge in [0.1, 0.15) is 0 Å². The van der Waals surface area contributed by atoms with Crippen LogP contribution < -0.4 is 5.73 Å². The summed E-state index contributed by atoms with van der Waals surface area (Å²) in [6.07, 6.45) is 5.24. The molecule has 3 nitrogen and oxygen atoms in total. The van der Waals surface area contributed by atoms with Gasteiger partial charge in [0.25, 0.3) is 0 Å². The minimum atomic E-state index is -0.0509. The molecule has 0 aromatic carbocycles. The largest absolute Gasteiger partial charge is 0.342 e. The predicted octanol–water partition coefficient (Wildman–Crippen LogP) is 2.04. The van der Waals surface area contributed by atoms with E-state index >= 15 is 0 Å². The molecule has 0 saturated heterocycles. The first-order chi connectivity index (χ1) is 7.52. The van der Waals surface area contributed by atoms with Crippen LogP contribution >= 0.6 is 12.4 Å². The predicted molar refractivity (Wildman–Crippen MR) is 72.1 cm³/mol. The molecule has 2 rings (SSSR count). The van der Waals surface area contributed by atoms with Crippen LogP contribution in [0.1, 0.15) is 39.5 Å². The van der Waals surface area contributed by atoms with E-state index in [0.29, 0.717) is 6.04 Å². The van der Waals surface area contributed by atoms with Crippen molar-refractivity contribution >= 4 is 18.3 Å². The first-order valence-electron chi connectivity index (χ1n) is 6.54. The van der Waals surface area contributed by atoms with E-state index in [1.807, 2.05) is 25.8 Å². The fourth-order valence-corrected chi connectivity index (χ4v) is 2.59. The first-order valence-corrected chi connectivity index (χ1v) is 6.54. The molecular weight excluding hydrogens is 236 g/mol. The van der Waals surface area contributed by atoms with Crippen LogP contribution in [0.4, 0.5) is 0 Å². The van der Waals surface area contributed by atoms with Gasteiger partial charge in [0.05, 0.1) is 5.92 Å². The van der Waals surface area contributed by atoms with E-state index in [4.69, 9.17) is 5.73 Å². The topological polar surface area (TPSA) is 46.3 Å². The van der Waals surface area contributed by atoms with E-state index in [1.54, 1.807) is 0 Å². The summed E-state index contributed by atoms with van der Waals surface area (Å²) in [7, 11) is 1.97. The van der Waals surface area contributed by atoms with Gasteiger partial charge in [-0.25, -0.2) is 0 Å². The summed E-state index contributed by atoms with van der Waals surface area (Å²) < 4.78 is 0. The van der Waals surface area contributed by atoms with E-state index in [2.05, 4.69) is 0 Å². The highest BCUT2D eigenvalue weighted by molar-refractivity contribution is 5.85. The molecule has 2 atom stereocenters. The van der Waals surface area contributed by atoms with Crippen molar-refractivity contribution in [1.82, 2.24) is 4.90 Å². The molecule has 0 aliphatic heterocycles. The molecule has 0 bridgehead atoms. The molecule has 2 N–H and O–H groups in total. The molecule has 0 aromatic heterocycles. The molecule has 0 aromatic rings. The fourth-order valence-electron chi connectivity index (χ4n) is 2.59. The molecule has 2 aliphatic rings. The van der Waals surface area contributed by atoms with Crippen molar-refractivity contribution in [1.29, 1.82) is 0 Å². The number of carbonyl (C=O) groups is 1. The highest BCUT2D eigenvalue weighted by Crippen LogP contribution is 2.47. The fraction of sp³-hybridized carbons (Fsp3) is 0.923. The number of halogens is 1. The van der Waals surface area contributed by atoms with Crippen molar-refractivity contribution in [3.8, 4) is 0 Å². The Morgan fingerprint density at radius 3 is 1.88 bits per heavy atom. The quantitative estimate of drug-likeness (QED) is 0.822. The summed E-state index contributed by atoms with van der Waals surface area (Å²) in [5.74, 6) is 1.74. The van der Waals surface area contributed by atoms with Crippen molar-refractivity contribution < 1.29 is 4.79 Å². The van der Waals surface area contributed by atoms with Crippen molar-refractivity contribution in [2.24, 2.45) is 23.5 Å². The molecule has 2 saturated carbocycles. The molecule has 17 heavy (non-hydrogen) atoms. The number of amides is 1. The van der Waals surface area contributed by atoms with Crippen molar-refractivity contribution in [3.63, 3.8) is 0 Å². The molecular formula is C13H25ClN2O. The number of carbonyl (C=O) groups excluding carboxylic acids is 1. The van der Waals surface area contributed by atoms with Crippen molar-refractivity contribution in [2.75, 3.05) is 7.05 Å². The van der Waals surface area contributed by atoms with Gasteiger partial charge in [0.2, 0.25) is 5.91 Å². The Morgan fingerprint density at radius 1 is 1.18 bits per heavy atom. The minimum Gasteiger partial charge on any atom is -0.342 e. The number of rotatable bonds is 5. The molecule has 2 fully saturated rings. The number of nitrogens with zero attached hydrogens (tertiary/aromatic N) is 1. The Hall–Kier alpha value is -0.280. The Morgan fingerprint density at radius 2 is 1.59 bits per heavy atom. The maximum absolute atomic E-state index is 12.2. The average molecular weight is 261 g/mol. The summed E-state index contributed by atoms with van der Waals surface area (Å²) in [6.45, 7) is 3.86. The van der Waals surface area contributed by atoms with E-state index < -0.39 is 0 Å². The SMILES string of the molecule is CC(N)C(C)C(=O)N(C)C(C1CC1)C1CC1.Cl.